The van der Waals surface area contributed by atoms with Crippen molar-refractivity contribution in [1.82, 2.24) is 14.8 Å². The minimum Gasteiger partial charge on any atom is -0.370 e. The second-order valence-corrected chi connectivity index (χ2v) is 5.84. The number of pyridine rings is 1. The predicted molar refractivity (Wildman–Crippen MR) is 77.8 cm³/mol. The lowest BCUT2D eigenvalue weighted by molar-refractivity contribution is 0.492. The van der Waals surface area contributed by atoms with Crippen LogP contribution in [0.5, 0.6) is 0 Å². The quantitative estimate of drug-likeness (QED) is 0.738. The molecular formula is C14H14N4S. The Labute approximate surface area is 115 Å². The first-order chi connectivity index (χ1) is 9.33. The van der Waals surface area contributed by atoms with Gasteiger partial charge in [-0.05, 0) is 36.9 Å². The number of aromatic nitrogens is 3. The normalized spacial score (nSPS) is 18.3. The van der Waals surface area contributed by atoms with E-state index < -0.39 is 0 Å². The summed E-state index contributed by atoms with van der Waals surface area (Å²) >= 11 is 1.80. The van der Waals surface area contributed by atoms with Crippen molar-refractivity contribution in [2.75, 3.05) is 11.9 Å². The number of anilines is 1. The van der Waals surface area contributed by atoms with E-state index in [1.165, 1.54) is 4.88 Å². The van der Waals surface area contributed by atoms with Crippen molar-refractivity contribution >= 4 is 28.2 Å². The molecule has 0 fully saturated rings. The molecule has 0 saturated carbocycles. The predicted octanol–water partition coefficient (Wildman–Crippen LogP) is 3.21. The molecule has 4 nitrogen and oxygen atoms in total. The molecule has 5 heteroatoms. The Kier molecular flexibility index (Phi) is 2.35. The van der Waals surface area contributed by atoms with Gasteiger partial charge in [0, 0.05) is 17.1 Å². The Morgan fingerprint density at radius 3 is 3.16 bits per heavy atom. The van der Waals surface area contributed by atoms with Crippen molar-refractivity contribution in [3.8, 4) is 0 Å². The van der Waals surface area contributed by atoms with Gasteiger partial charge in [0.25, 0.3) is 0 Å². The highest BCUT2D eigenvalue weighted by molar-refractivity contribution is 7.10. The number of hydrogen-bond donors (Lipinski definition) is 1. The molecule has 3 aromatic heterocycles. The fraction of sp³-hybridized carbons (Fsp3) is 0.286. The van der Waals surface area contributed by atoms with Gasteiger partial charge in [0.1, 0.15) is 5.82 Å². The summed E-state index contributed by atoms with van der Waals surface area (Å²) in [5, 5.41) is 11.4. The highest BCUT2D eigenvalue weighted by atomic mass is 32.1. The van der Waals surface area contributed by atoms with Gasteiger partial charge in [-0.25, -0.2) is 9.67 Å². The van der Waals surface area contributed by atoms with Crippen molar-refractivity contribution in [3.05, 3.63) is 40.2 Å². The summed E-state index contributed by atoms with van der Waals surface area (Å²) in [4.78, 5) is 5.90. The van der Waals surface area contributed by atoms with Gasteiger partial charge < -0.3 is 5.32 Å². The molecule has 1 atom stereocenters. The minimum absolute atomic E-state index is 0.339. The maximum atomic E-state index is 4.70. The third-order valence-corrected chi connectivity index (χ3v) is 4.55. The number of fused-ring (bicyclic) bond motifs is 3. The van der Waals surface area contributed by atoms with Gasteiger partial charge in [-0.2, -0.15) is 0 Å². The van der Waals surface area contributed by atoms with Gasteiger partial charge >= 0.3 is 0 Å². The van der Waals surface area contributed by atoms with Crippen LogP contribution in [0.2, 0.25) is 0 Å². The first-order valence-electron chi connectivity index (χ1n) is 6.46. The Bertz CT molecular complexity index is 729. The second kappa shape index (κ2) is 4.06. The van der Waals surface area contributed by atoms with Crippen molar-refractivity contribution in [3.63, 3.8) is 0 Å². The molecule has 0 radical (unpaired) electrons. The standard InChI is InChI=1S/C14H14N4S/c1-9-4-5-10-13(16-9)17-18-11(6-7-15-14(10)18)12-3-2-8-19-12/h2-5,8,11,15H,6-7H2,1H3. The van der Waals surface area contributed by atoms with Crippen LogP contribution < -0.4 is 5.32 Å². The van der Waals surface area contributed by atoms with Crippen LogP contribution in [-0.2, 0) is 0 Å². The number of hydrogen-bond acceptors (Lipinski definition) is 4. The van der Waals surface area contributed by atoms with Crippen molar-refractivity contribution in [1.29, 1.82) is 0 Å². The summed E-state index contributed by atoms with van der Waals surface area (Å²) in [6, 6.07) is 8.79. The number of nitrogens with zero attached hydrogens (tertiary/aromatic N) is 3. The molecular weight excluding hydrogens is 256 g/mol. The Hall–Kier alpha value is -1.88. The van der Waals surface area contributed by atoms with Crippen molar-refractivity contribution in [2.45, 2.75) is 19.4 Å². The molecule has 0 saturated heterocycles. The molecule has 0 spiro atoms. The first-order valence-corrected chi connectivity index (χ1v) is 7.34. The van der Waals surface area contributed by atoms with Crippen LogP contribution in [0.25, 0.3) is 11.0 Å². The zero-order valence-electron chi connectivity index (χ0n) is 10.6. The first kappa shape index (κ1) is 11.0. The molecule has 0 aliphatic carbocycles. The highest BCUT2D eigenvalue weighted by Crippen LogP contribution is 2.35. The van der Waals surface area contributed by atoms with Gasteiger partial charge in [0.05, 0.1) is 11.4 Å². The zero-order chi connectivity index (χ0) is 12.8. The molecule has 3 aromatic rings. The molecule has 96 valence electrons. The molecule has 4 heterocycles. The van der Waals surface area contributed by atoms with Crippen LogP contribution in [0, 0.1) is 6.92 Å². The third-order valence-electron chi connectivity index (χ3n) is 3.58. The second-order valence-electron chi connectivity index (χ2n) is 4.86. The summed E-state index contributed by atoms with van der Waals surface area (Å²) in [6.45, 7) is 2.99. The fourth-order valence-corrected chi connectivity index (χ4v) is 3.52. The van der Waals surface area contributed by atoms with E-state index in [1.807, 2.05) is 13.0 Å². The molecule has 19 heavy (non-hydrogen) atoms. The van der Waals surface area contributed by atoms with Crippen LogP contribution in [0.3, 0.4) is 0 Å². The molecule has 0 bridgehead atoms. The molecule has 1 unspecified atom stereocenters. The summed E-state index contributed by atoms with van der Waals surface area (Å²) in [5.74, 6) is 1.10. The van der Waals surface area contributed by atoms with Crippen LogP contribution in [-0.4, -0.2) is 21.3 Å². The van der Waals surface area contributed by atoms with Gasteiger partial charge in [-0.3, -0.25) is 0 Å². The smallest absolute Gasteiger partial charge is 0.183 e. The van der Waals surface area contributed by atoms with Crippen molar-refractivity contribution < 1.29 is 0 Å². The fourth-order valence-electron chi connectivity index (χ4n) is 2.67. The lowest BCUT2D eigenvalue weighted by Crippen LogP contribution is -2.23. The molecule has 1 aliphatic heterocycles. The number of nitrogens with one attached hydrogen (secondary N) is 1. The lowest BCUT2D eigenvalue weighted by atomic mass is 10.1. The average Bonchev–Trinajstić information content (AvgIpc) is 3.04. The summed E-state index contributed by atoms with van der Waals surface area (Å²) in [5.41, 5.74) is 1.85. The van der Waals surface area contributed by atoms with E-state index >= 15 is 0 Å². The summed E-state index contributed by atoms with van der Waals surface area (Å²) in [6.07, 6.45) is 1.07. The van der Waals surface area contributed by atoms with Crippen LogP contribution >= 0.6 is 11.3 Å². The monoisotopic (exact) mass is 270 g/mol. The van der Waals surface area contributed by atoms with E-state index in [-0.39, 0.29) is 0 Å². The summed E-state index contributed by atoms with van der Waals surface area (Å²) < 4.78 is 2.10. The highest BCUT2D eigenvalue weighted by Gasteiger charge is 2.25. The van der Waals surface area contributed by atoms with Gasteiger partial charge in [0.2, 0.25) is 0 Å². The van der Waals surface area contributed by atoms with E-state index in [0.29, 0.717) is 6.04 Å². The number of aryl methyl sites for hydroxylation is 1. The van der Waals surface area contributed by atoms with E-state index in [1.54, 1.807) is 11.3 Å². The van der Waals surface area contributed by atoms with E-state index in [2.05, 4.69) is 38.6 Å². The Balaban J connectivity index is 1.93. The molecule has 0 amide bonds. The van der Waals surface area contributed by atoms with Gasteiger partial charge in [-0.1, -0.05) is 6.07 Å². The van der Waals surface area contributed by atoms with Crippen LogP contribution in [0.15, 0.2) is 29.6 Å². The average molecular weight is 270 g/mol. The summed E-state index contributed by atoms with van der Waals surface area (Å²) in [7, 11) is 0. The largest absolute Gasteiger partial charge is 0.370 e. The minimum atomic E-state index is 0.339. The molecule has 4 rings (SSSR count). The van der Waals surface area contributed by atoms with E-state index in [9.17, 15) is 0 Å². The topological polar surface area (TPSA) is 42.7 Å². The van der Waals surface area contributed by atoms with Crippen LogP contribution in [0.4, 0.5) is 5.82 Å². The third kappa shape index (κ3) is 1.65. The molecule has 0 aromatic carbocycles. The lowest BCUT2D eigenvalue weighted by Gasteiger charge is -2.24. The maximum Gasteiger partial charge on any atom is 0.183 e. The van der Waals surface area contributed by atoms with E-state index in [0.717, 1.165) is 35.5 Å². The van der Waals surface area contributed by atoms with Gasteiger partial charge in [0.15, 0.2) is 5.65 Å². The number of rotatable bonds is 1. The zero-order valence-corrected chi connectivity index (χ0v) is 11.4. The Morgan fingerprint density at radius 2 is 2.32 bits per heavy atom. The van der Waals surface area contributed by atoms with Gasteiger partial charge in [-0.15, -0.1) is 16.4 Å². The van der Waals surface area contributed by atoms with Crippen molar-refractivity contribution in [2.24, 2.45) is 0 Å². The molecule has 1 aliphatic rings. The maximum absolute atomic E-state index is 4.70. The SMILES string of the molecule is Cc1ccc2c3n(nc2n1)C(c1cccs1)CCN3. The Morgan fingerprint density at radius 1 is 1.37 bits per heavy atom. The molecule has 1 N–H and O–H groups in total. The number of thiophene rings is 1. The van der Waals surface area contributed by atoms with Crippen LogP contribution in [0.1, 0.15) is 23.0 Å². The van der Waals surface area contributed by atoms with E-state index in [4.69, 9.17) is 5.10 Å².